The van der Waals surface area contributed by atoms with Crippen molar-refractivity contribution in [1.29, 1.82) is 0 Å². The molecule has 0 amide bonds. The number of fused-ring (bicyclic) bond motifs is 1. The molecule has 3 rings (SSSR count). The van der Waals surface area contributed by atoms with Gasteiger partial charge in [0.1, 0.15) is 12.0 Å². The van der Waals surface area contributed by atoms with Crippen molar-refractivity contribution in [3.8, 4) is 16.9 Å². The highest BCUT2D eigenvalue weighted by atomic mass is 35.5. The molecule has 0 spiro atoms. The second kappa shape index (κ2) is 5.07. The second-order valence-electron chi connectivity index (χ2n) is 4.48. The SMILES string of the molecule is O=Cc1c(O)ccc2c(=O)c(-c3ccc(Cl)cc3)coc12. The van der Waals surface area contributed by atoms with Gasteiger partial charge in [0.15, 0.2) is 11.9 Å². The molecule has 1 heterocycles. The first-order valence-electron chi connectivity index (χ1n) is 6.10. The summed E-state index contributed by atoms with van der Waals surface area (Å²) in [6.07, 6.45) is 1.74. The van der Waals surface area contributed by atoms with Crippen LogP contribution in [0, 0.1) is 0 Å². The third-order valence-corrected chi connectivity index (χ3v) is 3.48. The van der Waals surface area contributed by atoms with Crippen molar-refractivity contribution in [3.05, 3.63) is 63.5 Å². The number of halogens is 1. The molecule has 0 unspecified atom stereocenters. The first-order valence-corrected chi connectivity index (χ1v) is 6.48. The van der Waals surface area contributed by atoms with Crippen LogP contribution in [0.2, 0.25) is 5.02 Å². The Labute approximate surface area is 124 Å². The van der Waals surface area contributed by atoms with Crippen LogP contribution >= 0.6 is 11.6 Å². The van der Waals surface area contributed by atoms with E-state index in [0.717, 1.165) is 0 Å². The summed E-state index contributed by atoms with van der Waals surface area (Å²) in [7, 11) is 0. The van der Waals surface area contributed by atoms with E-state index < -0.39 is 0 Å². The number of phenols is 1. The van der Waals surface area contributed by atoms with E-state index in [1.165, 1.54) is 18.4 Å². The second-order valence-corrected chi connectivity index (χ2v) is 4.91. The highest BCUT2D eigenvalue weighted by molar-refractivity contribution is 6.30. The topological polar surface area (TPSA) is 67.5 Å². The van der Waals surface area contributed by atoms with Gasteiger partial charge in [0.25, 0.3) is 0 Å². The molecule has 1 aromatic heterocycles. The fourth-order valence-corrected chi connectivity index (χ4v) is 2.28. The zero-order valence-electron chi connectivity index (χ0n) is 10.7. The van der Waals surface area contributed by atoms with E-state index in [4.69, 9.17) is 16.0 Å². The fourth-order valence-electron chi connectivity index (χ4n) is 2.15. The van der Waals surface area contributed by atoms with Crippen molar-refractivity contribution in [2.75, 3.05) is 0 Å². The van der Waals surface area contributed by atoms with Crippen molar-refractivity contribution in [3.63, 3.8) is 0 Å². The molecule has 0 aliphatic rings. The van der Waals surface area contributed by atoms with Crippen LogP contribution in [0.3, 0.4) is 0 Å². The Bertz CT molecular complexity index is 895. The fraction of sp³-hybridized carbons (Fsp3) is 0. The summed E-state index contributed by atoms with van der Waals surface area (Å²) in [5, 5.41) is 10.4. The van der Waals surface area contributed by atoms with E-state index in [1.54, 1.807) is 24.3 Å². The zero-order chi connectivity index (χ0) is 15.0. The van der Waals surface area contributed by atoms with Crippen molar-refractivity contribution < 1.29 is 14.3 Å². The molecule has 3 aromatic rings. The minimum atomic E-state index is -0.276. The molecule has 1 N–H and O–H groups in total. The van der Waals surface area contributed by atoms with Gasteiger partial charge in [-0.2, -0.15) is 0 Å². The van der Waals surface area contributed by atoms with E-state index in [0.29, 0.717) is 22.4 Å². The van der Waals surface area contributed by atoms with Gasteiger partial charge >= 0.3 is 0 Å². The molecular weight excluding hydrogens is 292 g/mol. The Morgan fingerprint density at radius 2 is 1.81 bits per heavy atom. The van der Waals surface area contributed by atoms with Crippen LogP contribution < -0.4 is 5.43 Å². The number of hydrogen-bond donors (Lipinski definition) is 1. The number of phenolic OH excluding ortho intramolecular Hbond substituents is 1. The van der Waals surface area contributed by atoms with Crippen molar-refractivity contribution in [2.45, 2.75) is 0 Å². The molecule has 0 saturated carbocycles. The monoisotopic (exact) mass is 300 g/mol. The minimum absolute atomic E-state index is 0.0349. The highest BCUT2D eigenvalue weighted by Crippen LogP contribution is 2.27. The Hall–Kier alpha value is -2.59. The number of carbonyl (C=O) groups excluding carboxylic acids is 1. The van der Waals surface area contributed by atoms with E-state index in [2.05, 4.69) is 0 Å². The van der Waals surface area contributed by atoms with E-state index in [1.807, 2.05) is 0 Å². The first kappa shape index (κ1) is 13.4. The van der Waals surface area contributed by atoms with E-state index in [9.17, 15) is 14.7 Å². The molecule has 0 aliphatic carbocycles. The molecule has 0 atom stereocenters. The quantitative estimate of drug-likeness (QED) is 0.734. The van der Waals surface area contributed by atoms with Crippen molar-refractivity contribution in [1.82, 2.24) is 0 Å². The average molecular weight is 301 g/mol. The standard InChI is InChI=1S/C16H9ClO4/c17-10-3-1-9(2-4-10)13-8-21-16-11(15(13)20)5-6-14(19)12(16)7-18/h1-8,19H. The Balaban J connectivity index is 2.31. The molecular formula is C16H9ClO4. The van der Waals surface area contributed by atoms with Gasteiger partial charge in [0, 0.05) is 5.02 Å². The largest absolute Gasteiger partial charge is 0.507 e. The predicted molar refractivity (Wildman–Crippen MR) is 80.0 cm³/mol. The van der Waals surface area contributed by atoms with Crippen molar-refractivity contribution >= 4 is 28.9 Å². The zero-order valence-corrected chi connectivity index (χ0v) is 11.4. The predicted octanol–water partition coefficient (Wildman–Crippen LogP) is 3.63. The summed E-state index contributed by atoms with van der Waals surface area (Å²) in [6.45, 7) is 0. The third-order valence-electron chi connectivity index (χ3n) is 3.23. The van der Waals surface area contributed by atoms with Crippen LogP contribution in [-0.2, 0) is 0 Å². The minimum Gasteiger partial charge on any atom is -0.507 e. The summed E-state index contributed by atoms with van der Waals surface area (Å²) in [5.41, 5.74) is 0.791. The summed E-state index contributed by atoms with van der Waals surface area (Å²) in [6, 6.07) is 9.50. The lowest BCUT2D eigenvalue weighted by molar-refractivity contribution is 0.112. The molecule has 0 fully saturated rings. The maximum absolute atomic E-state index is 12.5. The molecule has 0 aliphatic heterocycles. The number of carbonyl (C=O) groups is 1. The molecule has 0 saturated heterocycles. The Morgan fingerprint density at radius 1 is 1.10 bits per heavy atom. The normalized spacial score (nSPS) is 10.7. The molecule has 104 valence electrons. The molecule has 4 nitrogen and oxygen atoms in total. The van der Waals surface area contributed by atoms with Gasteiger partial charge in [0.05, 0.1) is 16.5 Å². The van der Waals surface area contributed by atoms with Crippen LogP contribution in [-0.4, -0.2) is 11.4 Å². The lowest BCUT2D eigenvalue weighted by atomic mass is 10.0. The molecule has 2 aromatic carbocycles. The van der Waals surface area contributed by atoms with Gasteiger partial charge in [-0.05, 0) is 29.8 Å². The van der Waals surface area contributed by atoms with Gasteiger partial charge < -0.3 is 9.52 Å². The molecule has 0 radical (unpaired) electrons. The van der Waals surface area contributed by atoms with Crippen LogP contribution in [0.1, 0.15) is 10.4 Å². The van der Waals surface area contributed by atoms with Crippen LogP contribution in [0.25, 0.3) is 22.1 Å². The van der Waals surface area contributed by atoms with Gasteiger partial charge in [0.2, 0.25) is 5.43 Å². The summed E-state index contributed by atoms with van der Waals surface area (Å²) < 4.78 is 5.39. The lowest BCUT2D eigenvalue weighted by Crippen LogP contribution is -2.05. The van der Waals surface area contributed by atoms with Gasteiger partial charge in [-0.1, -0.05) is 23.7 Å². The summed E-state index contributed by atoms with van der Waals surface area (Å²) in [4.78, 5) is 23.5. The Morgan fingerprint density at radius 3 is 2.48 bits per heavy atom. The lowest BCUT2D eigenvalue weighted by Gasteiger charge is -2.05. The van der Waals surface area contributed by atoms with Crippen LogP contribution in [0.4, 0.5) is 0 Å². The number of rotatable bonds is 2. The number of benzene rings is 2. The molecule has 5 heteroatoms. The highest BCUT2D eigenvalue weighted by Gasteiger charge is 2.14. The van der Waals surface area contributed by atoms with Crippen LogP contribution in [0.15, 0.2) is 51.9 Å². The third kappa shape index (κ3) is 2.19. The maximum Gasteiger partial charge on any atom is 0.200 e. The number of hydrogen-bond acceptors (Lipinski definition) is 4. The molecule has 21 heavy (non-hydrogen) atoms. The summed E-state index contributed by atoms with van der Waals surface area (Å²) in [5.74, 6) is -0.222. The number of aromatic hydroxyl groups is 1. The van der Waals surface area contributed by atoms with Gasteiger partial charge in [-0.3, -0.25) is 9.59 Å². The summed E-state index contributed by atoms with van der Waals surface area (Å²) >= 11 is 5.82. The van der Waals surface area contributed by atoms with E-state index in [-0.39, 0.29) is 27.7 Å². The Kier molecular flexibility index (Phi) is 3.23. The average Bonchev–Trinajstić information content (AvgIpc) is 2.49. The molecule has 0 bridgehead atoms. The van der Waals surface area contributed by atoms with Gasteiger partial charge in [-0.15, -0.1) is 0 Å². The van der Waals surface area contributed by atoms with Crippen molar-refractivity contribution in [2.24, 2.45) is 0 Å². The maximum atomic E-state index is 12.5. The van der Waals surface area contributed by atoms with Gasteiger partial charge in [-0.25, -0.2) is 0 Å². The number of aldehydes is 1. The van der Waals surface area contributed by atoms with E-state index >= 15 is 0 Å². The smallest absolute Gasteiger partial charge is 0.200 e. The first-order chi connectivity index (χ1) is 10.1. The van der Waals surface area contributed by atoms with Crippen LogP contribution in [0.5, 0.6) is 5.75 Å².